The van der Waals surface area contributed by atoms with E-state index >= 15 is 0 Å². The molecule has 0 spiro atoms. The second-order valence-electron chi connectivity index (χ2n) is 6.09. The van der Waals surface area contributed by atoms with Crippen LogP contribution < -0.4 is 10.6 Å². The van der Waals surface area contributed by atoms with Gasteiger partial charge in [0.25, 0.3) is 0 Å². The van der Waals surface area contributed by atoms with Crippen LogP contribution in [0.25, 0.3) is 0 Å². The maximum absolute atomic E-state index is 12.2. The molecule has 23 heavy (non-hydrogen) atoms. The molecule has 2 aromatic carbocycles. The molecule has 0 aliphatic rings. The Morgan fingerprint density at radius 1 is 1.04 bits per heavy atom. The largest absolute Gasteiger partial charge is 0.326 e. The lowest BCUT2D eigenvalue weighted by Crippen LogP contribution is -2.32. The molecule has 0 aromatic heterocycles. The Morgan fingerprint density at radius 2 is 1.78 bits per heavy atom. The lowest BCUT2D eigenvalue weighted by atomic mass is 10.1. The van der Waals surface area contributed by atoms with Crippen LogP contribution in [0.1, 0.15) is 30.0 Å². The van der Waals surface area contributed by atoms with E-state index in [1.165, 1.54) is 11.1 Å². The average Bonchev–Trinajstić information content (AvgIpc) is 2.53. The molecular formula is C20H26N2O. The van der Waals surface area contributed by atoms with Gasteiger partial charge in [-0.3, -0.25) is 4.79 Å². The van der Waals surface area contributed by atoms with Gasteiger partial charge < -0.3 is 10.6 Å². The first-order valence-corrected chi connectivity index (χ1v) is 8.19. The minimum absolute atomic E-state index is 0.0541. The van der Waals surface area contributed by atoms with Gasteiger partial charge in [0.1, 0.15) is 0 Å². The molecule has 1 amide bonds. The summed E-state index contributed by atoms with van der Waals surface area (Å²) in [5, 5.41) is 6.42. The smallest absolute Gasteiger partial charge is 0.225 e. The van der Waals surface area contributed by atoms with Gasteiger partial charge in [-0.15, -0.1) is 0 Å². The minimum Gasteiger partial charge on any atom is -0.326 e. The summed E-state index contributed by atoms with van der Waals surface area (Å²) in [5.74, 6) is 0.0541. The third kappa shape index (κ3) is 5.53. The Balaban J connectivity index is 1.75. The van der Waals surface area contributed by atoms with Crippen LogP contribution in [-0.4, -0.2) is 18.5 Å². The van der Waals surface area contributed by atoms with E-state index < -0.39 is 0 Å². The Morgan fingerprint density at radius 3 is 2.52 bits per heavy atom. The van der Waals surface area contributed by atoms with E-state index in [1.54, 1.807) is 0 Å². The van der Waals surface area contributed by atoms with Crippen molar-refractivity contribution < 1.29 is 4.79 Å². The molecule has 0 bridgehead atoms. The Labute approximate surface area is 139 Å². The number of anilines is 1. The van der Waals surface area contributed by atoms with Crippen molar-refractivity contribution >= 4 is 11.6 Å². The lowest BCUT2D eigenvalue weighted by molar-refractivity contribution is -0.116. The zero-order valence-corrected chi connectivity index (χ0v) is 14.2. The summed E-state index contributed by atoms with van der Waals surface area (Å²) < 4.78 is 0. The number of benzene rings is 2. The fourth-order valence-electron chi connectivity index (χ4n) is 2.55. The van der Waals surface area contributed by atoms with Crippen LogP contribution in [0.15, 0.2) is 48.5 Å². The summed E-state index contributed by atoms with van der Waals surface area (Å²) in [4.78, 5) is 12.2. The van der Waals surface area contributed by atoms with Crippen molar-refractivity contribution in [1.82, 2.24) is 5.32 Å². The first kappa shape index (κ1) is 17.2. The summed E-state index contributed by atoms with van der Waals surface area (Å²) in [5.41, 5.74) is 4.54. The van der Waals surface area contributed by atoms with Gasteiger partial charge in [-0.1, -0.05) is 42.5 Å². The maximum atomic E-state index is 12.2. The summed E-state index contributed by atoms with van der Waals surface area (Å²) >= 11 is 0. The second kappa shape index (κ2) is 8.49. The molecule has 3 heteroatoms. The van der Waals surface area contributed by atoms with E-state index in [0.717, 1.165) is 24.2 Å². The van der Waals surface area contributed by atoms with Crippen LogP contribution >= 0.6 is 0 Å². The molecular weight excluding hydrogens is 284 g/mol. The van der Waals surface area contributed by atoms with Gasteiger partial charge >= 0.3 is 0 Å². The first-order chi connectivity index (χ1) is 11.1. The highest BCUT2D eigenvalue weighted by atomic mass is 16.1. The Kier molecular flexibility index (Phi) is 6.36. The third-order valence-electron chi connectivity index (χ3n) is 4.12. The number of rotatable bonds is 7. The van der Waals surface area contributed by atoms with Crippen molar-refractivity contribution in [2.24, 2.45) is 0 Å². The lowest BCUT2D eigenvalue weighted by Gasteiger charge is -2.15. The fourth-order valence-corrected chi connectivity index (χ4v) is 2.55. The van der Waals surface area contributed by atoms with Gasteiger partial charge in [-0.2, -0.15) is 0 Å². The van der Waals surface area contributed by atoms with Gasteiger partial charge in [0.2, 0.25) is 5.91 Å². The number of aryl methyl sites for hydroxylation is 1. The average molecular weight is 310 g/mol. The number of amides is 1. The van der Waals surface area contributed by atoms with Crippen LogP contribution in [0, 0.1) is 13.8 Å². The standard InChI is InChI=1S/C20H26N2O/c1-15-8-7-11-19(17(15)3)22-20(23)14-16(2)21-13-12-18-9-5-4-6-10-18/h4-11,16,21H,12-14H2,1-3H3,(H,22,23). The molecule has 0 aliphatic heterocycles. The van der Waals surface area contributed by atoms with Crippen LogP contribution in [-0.2, 0) is 11.2 Å². The van der Waals surface area contributed by atoms with Gasteiger partial charge in [-0.25, -0.2) is 0 Å². The number of nitrogens with one attached hydrogen (secondary N) is 2. The zero-order chi connectivity index (χ0) is 16.7. The highest BCUT2D eigenvalue weighted by Crippen LogP contribution is 2.18. The fraction of sp³-hybridized carbons (Fsp3) is 0.350. The van der Waals surface area contributed by atoms with E-state index in [4.69, 9.17) is 0 Å². The van der Waals surface area contributed by atoms with E-state index in [2.05, 4.69) is 47.9 Å². The molecule has 0 fully saturated rings. The molecule has 0 heterocycles. The van der Waals surface area contributed by atoms with Crippen molar-refractivity contribution in [3.8, 4) is 0 Å². The van der Waals surface area contributed by atoms with Gasteiger partial charge in [0.05, 0.1) is 0 Å². The Hall–Kier alpha value is -2.13. The minimum atomic E-state index is 0.0541. The predicted molar refractivity (Wildman–Crippen MR) is 96.8 cm³/mol. The summed E-state index contributed by atoms with van der Waals surface area (Å²) in [7, 11) is 0. The van der Waals surface area contributed by atoms with Crippen molar-refractivity contribution in [3.63, 3.8) is 0 Å². The predicted octanol–water partition coefficient (Wildman–Crippen LogP) is 3.85. The molecule has 3 nitrogen and oxygen atoms in total. The number of carbonyl (C=O) groups is 1. The Bertz CT molecular complexity index is 637. The molecule has 0 radical (unpaired) electrons. The highest BCUT2D eigenvalue weighted by Gasteiger charge is 2.10. The van der Waals surface area contributed by atoms with Crippen molar-refractivity contribution in [1.29, 1.82) is 0 Å². The molecule has 0 saturated heterocycles. The quantitative estimate of drug-likeness (QED) is 0.815. The van der Waals surface area contributed by atoms with E-state index in [1.807, 2.05) is 32.0 Å². The molecule has 1 atom stereocenters. The molecule has 2 rings (SSSR count). The molecule has 122 valence electrons. The number of carbonyl (C=O) groups excluding carboxylic acids is 1. The van der Waals surface area contributed by atoms with Crippen LogP contribution in [0.3, 0.4) is 0 Å². The topological polar surface area (TPSA) is 41.1 Å². The molecule has 0 aliphatic carbocycles. The zero-order valence-electron chi connectivity index (χ0n) is 14.2. The molecule has 1 unspecified atom stereocenters. The summed E-state index contributed by atoms with van der Waals surface area (Å²) in [6.45, 7) is 7.01. The SMILES string of the molecule is Cc1cccc(NC(=O)CC(C)NCCc2ccccc2)c1C. The van der Waals surface area contributed by atoms with E-state index in [9.17, 15) is 4.79 Å². The number of hydrogen-bond acceptors (Lipinski definition) is 2. The molecule has 0 saturated carbocycles. The number of hydrogen-bond donors (Lipinski definition) is 2. The first-order valence-electron chi connectivity index (χ1n) is 8.19. The van der Waals surface area contributed by atoms with Gasteiger partial charge in [0, 0.05) is 18.2 Å². The van der Waals surface area contributed by atoms with E-state index in [0.29, 0.717) is 6.42 Å². The maximum Gasteiger partial charge on any atom is 0.225 e. The van der Waals surface area contributed by atoms with Crippen molar-refractivity contribution in [3.05, 3.63) is 65.2 Å². The van der Waals surface area contributed by atoms with Gasteiger partial charge in [0.15, 0.2) is 0 Å². The molecule has 2 aromatic rings. The third-order valence-corrected chi connectivity index (χ3v) is 4.12. The summed E-state index contributed by atoms with van der Waals surface area (Å²) in [6.07, 6.45) is 1.45. The van der Waals surface area contributed by atoms with Crippen LogP contribution in [0.4, 0.5) is 5.69 Å². The second-order valence-corrected chi connectivity index (χ2v) is 6.09. The van der Waals surface area contributed by atoms with Crippen molar-refractivity contribution in [2.45, 2.75) is 39.7 Å². The molecule has 2 N–H and O–H groups in total. The summed E-state index contributed by atoms with van der Waals surface area (Å²) in [6, 6.07) is 16.5. The van der Waals surface area contributed by atoms with E-state index in [-0.39, 0.29) is 11.9 Å². The van der Waals surface area contributed by atoms with Crippen molar-refractivity contribution in [2.75, 3.05) is 11.9 Å². The van der Waals surface area contributed by atoms with Crippen LogP contribution in [0.5, 0.6) is 0 Å². The van der Waals surface area contributed by atoms with Crippen LogP contribution in [0.2, 0.25) is 0 Å². The highest BCUT2D eigenvalue weighted by molar-refractivity contribution is 5.92. The van der Waals surface area contributed by atoms with Gasteiger partial charge in [-0.05, 0) is 56.5 Å². The normalized spacial score (nSPS) is 12.0. The monoisotopic (exact) mass is 310 g/mol.